The zero-order chi connectivity index (χ0) is 22.4. The molecule has 0 spiro atoms. The quantitative estimate of drug-likeness (QED) is 0.113. The molecule has 9 heteroatoms. The molecule has 0 radical (unpaired) electrons. The molecule has 0 amide bonds. The Balaban J connectivity index is 0.000000858. The summed E-state index contributed by atoms with van der Waals surface area (Å²) in [5.74, 6) is 0. The van der Waals surface area contributed by atoms with Crippen molar-refractivity contribution < 1.29 is 0 Å². The van der Waals surface area contributed by atoms with Crippen molar-refractivity contribution in [3.8, 4) is 0 Å². The standard InChI is InChI=1S/C21H19Cl3N4.CH4N2/c1-25-6-7-26-20-9-12(22)8-16-15-10-13(3-5-19(15)28-21(16)20)27-14-2-4-17(23)18(24)11-14;2-1-3/h2-5,8-11,25-28H,6-7H2,1H3;1H,(H3,2,3). The van der Waals surface area contributed by atoms with Crippen LogP contribution in [0.1, 0.15) is 0 Å². The van der Waals surface area contributed by atoms with Gasteiger partial charge in [0.15, 0.2) is 0 Å². The number of hydrogen-bond acceptors (Lipinski definition) is 4. The Morgan fingerprint density at radius 2 is 1.65 bits per heavy atom. The lowest BCUT2D eigenvalue weighted by atomic mass is 10.1. The van der Waals surface area contributed by atoms with E-state index in [-0.39, 0.29) is 0 Å². The van der Waals surface area contributed by atoms with E-state index in [9.17, 15) is 0 Å². The highest BCUT2D eigenvalue weighted by Gasteiger charge is 2.11. The van der Waals surface area contributed by atoms with Crippen LogP contribution < -0.4 is 21.7 Å². The van der Waals surface area contributed by atoms with Gasteiger partial charge in [-0.25, -0.2) is 0 Å². The van der Waals surface area contributed by atoms with Gasteiger partial charge < -0.3 is 26.7 Å². The Morgan fingerprint density at radius 3 is 2.35 bits per heavy atom. The van der Waals surface area contributed by atoms with Crippen LogP contribution in [0.3, 0.4) is 0 Å². The van der Waals surface area contributed by atoms with E-state index in [0.717, 1.165) is 58.3 Å². The van der Waals surface area contributed by atoms with Gasteiger partial charge in [-0.05, 0) is 55.6 Å². The second kappa shape index (κ2) is 10.6. The molecule has 3 aromatic carbocycles. The lowest BCUT2D eigenvalue weighted by molar-refractivity contribution is 0.824. The first-order valence-corrected chi connectivity index (χ1v) is 10.7. The van der Waals surface area contributed by atoms with E-state index in [4.69, 9.17) is 40.2 Å². The number of hydrogen-bond donors (Lipinski definition) is 6. The lowest BCUT2D eigenvalue weighted by Crippen LogP contribution is -2.17. The minimum absolute atomic E-state index is 0.518. The molecule has 4 aromatic rings. The van der Waals surface area contributed by atoms with E-state index >= 15 is 0 Å². The van der Waals surface area contributed by atoms with Gasteiger partial charge in [0.2, 0.25) is 0 Å². The third-order valence-electron chi connectivity index (χ3n) is 4.57. The lowest BCUT2D eigenvalue weighted by Gasteiger charge is -2.08. The highest BCUT2D eigenvalue weighted by atomic mass is 35.5. The first-order valence-electron chi connectivity index (χ1n) is 9.53. The molecule has 0 atom stereocenters. The smallest absolute Gasteiger partial charge is 0.0765 e. The maximum absolute atomic E-state index is 6.38. The van der Waals surface area contributed by atoms with Gasteiger partial charge in [0.25, 0.3) is 0 Å². The van der Waals surface area contributed by atoms with Crippen LogP contribution in [0.15, 0.2) is 48.5 Å². The molecule has 0 saturated carbocycles. The van der Waals surface area contributed by atoms with Crippen LogP contribution in [0, 0.1) is 5.41 Å². The zero-order valence-electron chi connectivity index (χ0n) is 16.8. The first-order chi connectivity index (χ1) is 15.0. The highest BCUT2D eigenvalue weighted by molar-refractivity contribution is 6.42. The second-order valence-electron chi connectivity index (χ2n) is 6.71. The monoisotopic (exact) mass is 476 g/mol. The summed E-state index contributed by atoms with van der Waals surface area (Å²) in [5, 5.41) is 19.7. The van der Waals surface area contributed by atoms with E-state index in [1.807, 2.05) is 37.4 Å². The summed E-state index contributed by atoms with van der Waals surface area (Å²) >= 11 is 18.5. The molecule has 4 rings (SSSR count). The van der Waals surface area contributed by atoms with Gasteiger partial charge in [-0.15, -0.1) is 0 Å². The number of aromatic amines is 1. The van der Waals surface area contributed by atoms with Crippen LogP contribution in [0.4, 0.5) is 17.1 Å². The molecule has 0 bridgehead atoms. The fourth-order valence-corrected chi connectivity index (χ4v) is 3.76. The number of rotatable bonds is 6. The van der Waals surface area contributed by atoms with Crippen LogP contribution in [0.5, 0.6) is 0 Å². The van der Waals surface area contributed by atoms with E-state index in [0.29, 0.717) is 15.1 Å². The number of likely N-dealkylation sites (N-methyl/N-ethyl adjacent to an activating group) is 1. The normalized spacial score (nSPS) is 10.6. The van der Waals surface area contributed by atoms with E-state index in [1.54, 1.807) is 6.07 Å². The van der Waals surface area contributed by atoms with Gasteiger partial charge in [-0.1, -0.05) is 34.8 Å². The summed E-state index contributed by atoms with van der Waals surface area (Å²) in [7, 11) is 1.93. The highest BCUT2D eigenvalue weighted by Crippen LogP contribution is 2.35. The molecular formula is C22H23Cl3N6. The fraction of sp³-hybridized carbons (Fsp3) is 0.136. The number of aromatic nitrogens is 1. The van der Waals surface area contributed by atoms with E-state index in [1.165, 1.54) is 0 Å². The van der Waals surface area contributed by atoms with Crippen molar-refractivity contribution >= 4 is 80.0 Å². The Morgan fingerprint density at radius 1 is 0.935 bits per heavy atom. The Labute approximate surface area is 195 Å². The number of H-pyrrole nitrogens is 1. The summed E-state index contributed by atoms with van der Waals surface area (Å²) in [6.45, 7) is 1.68. The third-order valence-corrected chi connectivity index (χ3v) is 5.53. The molecule has 0 unspecified atom stereocenters. The topological polar surface area (TPSA) is 102 Å². The largest absolute Gasteiger partial charge is 0.390 e. The maximum Gasteiger partial charge on any atom is 0.0765 e. The van der Waals surface area contributed by atoms with Gasteiger partial charge in [0, 0.05) is 45.8 Å². The summed E-state index contributed by atoms with van der Waals surface area (Å²) in [6, 6.07) is 15.6. The number of nitrogens with two attached hydrogens (primary N) is 1. The van der Waals surface area contributed by atoms with Gasteiger partial charge >= 0.3 is 0 Å². The van der Waals surface area contributed by atoms with Crippen molar-refractivity contribution in [3.05, 3.63) is 63.6 Å². The maximum atomic E-state index is 6.38. The number of fused-ring (bicyclic) bond motifs is 3. The summed E-state index contributed by atoms with van der Waals surface area (Å²) in [5.41, 5.74) is 9.31. The first kappa shape index (κ1) is 23.0. The molecule has 7 N–H and O–H groups in total. The molecule has 1 aromatic heterocycles. The average Bonchev–Trinajstić information content (AvgIpc) is 3.10. The van der Waals surface area contributed by atoms with Crippen molar-refractivity contribution in [2.45, 2.75) is 0 Å². The van der Waals surface area contributed by atoms with Crippen molar-refractivity contribution in [3.63, 3.8) is 0 Å². The number of anilines is 3. The minimum atomic E-state index is 0.518. The molecule has 31 heavy (non-hydrogen) atoms. The number of halogens is 3. The predicted molar refractivity (Wildman–Crippen MR) is 136 cm³/mol. The summed E-state index contributed by atoms with van der Waals surface area (Å²) in [4.78, 5) is 3.50. The van der Waals surface area contributed by atoms with Crippen LogP contribution in [-0.4, -0.2) is 31.5 Å². The van der Waals surface area contributed by atoms with Crippen LogP contribution in [0.25, 0.3) is 21.8 Å². The second-order valence-corrected chi connectivity index (χ2v) is 7.96. The molecule has 0 aliphatic heterocycles. The van der Waals surface area contributed by atoms with Crippen LogP contribution in [-0.2, 0) is 0 Å². The Hall–Kier alpha value is -2.64. The third kappa shape index (κ3) is 5.54. The van der Waals surface area contributed by atoms with Crippen molar-refractivity contribution in [2.24, 2.45) is 5.73 Å². The van der Waals surface area contributed by atoms with Crippen molar-refractivity contribution in [2.75, 3.05) is 30.8 Å². The number of nitrogens with one attached hydrogen (secondary N) is 5. The van der Waals surface area contributed by atoms with Gasteiger partial charge in [-0.2, -0.15) is 0 Å². The number of benzene rings is 3. The predicted octanol–water partition coefficient (Wildman–Crippen LogP) is 6.21. The molecule has 162 valence electrons. The average molecular weight is 478 g/mol. The Bertz CT molecular complexity index is 1210. The zero-order valence-corrected chi connectivity index (χ0v) is 19.1. The van der Waals surface area contributed by atoms with Gasteiger partial charge in [0.05, 0.1) is 27.6 Å². The van der Waals surface area contributed by atoms with E-state index in [2.05, 4.69) is 38.8 Å². The molecule has 0 fully saturated rings. The molecule has 1 heterocycles. The molecule has 0 aliphatic rings. The molecule has 6 nitrogen and oxygen atoms in total. The molecule has 0 saturated heterocycles. The van der Waals surface area contributed by atoms with Crippen LogP contribution >= 0.6 is 34.8 Å². The van der Waals surface area contributed by atoms with Gasteiger partial charge in [-0.3, -0.25) is 5.41 Å². The SMILES string of the molecule is CNCCNc1cc(Cl)cc2c1[nH]c1ccc(Nc3ccc(Cl)c(Cl)c3)cc12.N=CN. The minimum Gasteiger partial charge on any atom is -0.390 e. The summed E-state index contributed by atoms with van der Waals surface area (Å²) < 4.78 is 0. The van der Waals surface area contributed by atoms with Gasteiger partial charge in [0.1, 0.15) is 0 Å². The van der Waals surface area contributed by atoms with Crippen LogP contribution in [0.2, 0.25) is 15.1 Å². The fourth-order valence-electron chi connectivity index (χ4n) is 3.24. The Kier molecular flexibility index (Phi) is 7.87. The summed E-state index contributed by atoms with van der Waals surface area (Å²) in [6.07, 6.45) is 0.750. The molecular weight excluding hydrogens is 455 g/mol. The van der Waals surface area contributed by atoms with E-state index < -0.39 is 0 Å². The van der Waals surface area contributed by atoms with Crippen molar-refractivity contribution in [1.29, 1.82) is 5.41 Å². The van der Waals surface area contributed by atoms with Crippen molar-refractivity contribution in [1.82, 2.24) is 10.3 Å². The molecule has 0 aliphatic carbocycles.